The molecule has 0 aliphatic carbocycles. The molecule has 0 aromatic heterocycles. The van der Waals surface area contributed by atoms with Crippen LogP contribution in [0.2, 0.25) is 0 Å². The summed E-state index contributed by atoms with van der Waals surface area (Å²) in [6, 6.07) is 6.84. The molecule has 2 heteroatoms. The van der Waals surface area contributed by atoms with E-state index in [9.17, 15) is 0 Å². The summed E-state index contributed by atoms with van der Waals surface area (Å²) in [6.45, 7) is 7.89. The first-order valence-corrected chi connectivity index (χ1v) is 6.82. The van der Waals surface area contributed by atoms with Gasteiger partial charge in [0.25, 0.3) is 0 Å². The van der Waals surface area contributed by atoms with Crippen molar-refractivity contribution in [1.29, 1.82) is 0 Å². The summed E-state index contributed by atoms with van der Waals surface area (Å²) >= 11 is 0. The summed E-state index contributed by atoms with van der Waals surface area (Å²) in [7, 11) is 0. The van der Waals surface area contributed by atoms with Crippen LogP contribution in [0.4, 0.5) is 5.69 Å². The van der Waals surface area contributed by atoms with Gasteiger partial charge in [0, 0.05) is 12.2 Å². The molecule has 1 aromatic rings. The number of hydrogen-bond donors (Lipinski definition) is 2. The molecule has 2 nitrogen and oxygen atoms in total. The van der Waals surface area contributed by atoms with E-state index >= 15 is 0 Å². The van der Waals surface area contributed by atoms with E-state index in [-0.39, 0.29) is 0 Å². The van der Waals surface area contributed by atoms with E-state index in [1.807, 2.05) is 0 Å². The van der Waals surface area contributed by atoms with Gasteiger partial charge in [-0.3, -0.25) is 0 Å². The van der Waals surface area contributed by atoms with Gasteiger partial charge in [-0.05, 0) is 55.5 Å². The maximum Gasteiger partial charge on any atom is 0.0373 e. The average Bonchev–Trinajstić information content (AvgIpc) is 2.75. The molecule has 0 atom stereocenters. The standard InChI is InChI=1S/C15H24N2/c1-12(2)5-8-16-9-6-13-3-4-15-14(11-13)7-10-17-15/h3-4,11-12,16-17H,5-10H2,1-2H3. The van der Waals surface area contributed by atoms with Gasteiger partial charge < -0.3 is 10.6 Å². The lowest BCUT2D eigenvalue weighted by Gasteiger charge is -2.08. The van der Waals surface area contributed by atoms with Crippen LogP contribution in [0.3, 0.4) is 0 Å². The van der Waals surface area contributed by atoms with Crippen LogP contribution in [0.15, 0.2) is 18.2 Å². The molecule has 0 saturated carbocycles. The van der Waals surface area contributed by atoms with Gasteiger partial charge >= 0.3 is 0 Å². The van der Waals surface area contributed by atoms with Crippen LogP contribution in [0.5, 0.6) is 0 Å². The second kappa shape index (κ2) is 6.06. The average molecular weight is 232 g/mol. The van der Waals surface area contributed by atoms with E-state index in [1.165, 1.54) is 29.7 Å². The van der Waals surface area contributed by atoms with E-state index in [4.69, 9.17) is 0 Å². The monoisotopic (exact) mass is 232 g/mol. The van der Waals surface area contributed by atoms with Gasteiger partial charge in [-0.15, -0.1) is 0 Å². The maximum absolute atomic E-state index is 3.52. The third-order valence-electron chi connectivity index (χ3n) is 3.37. The molecular weight excluding hydrogens is 208 g/mol. The van der Waals surface area contributed by atoms with Crippen molar-refractivity contribution in [1.82, 2.24) is 5.32 Å². The fourth-order valence-corrected chi connectivity index (χ4v) is 2.26. The van der Waals surface area contributed by atoms with E-state index in [0.717, 1.165) is 32.0 Å². The predicted octanol–water partition coefficient (Wildman–Crippen LogP) is 2.83. The van der Waals surface area contributed by atoms with Crippen LogP contribution in [0.1, 0.15) is 31.4 Å². The fraction of sp³-hybridized carbons (Fsp3) is 0.600. The van der Waals surface area contributed by atoms with E-state index < -0.39 is 0 Å². The molecule has 1 aliphatic rings. The van der Waals surface area contributed by atoms with Crippen LogP contribution in [0.25, 0.3) is 0 Å². The van der Waals surface area contributed by atoms with Crippen molar-refractivity contribution in [3.63, 3.8) is 0 Å². The smallest absolute Gasteiger partial charge is 0.0373 e. The fourth-order valence-electron chi connectivity index (χ4n) is 2.26. The Kier molecular flexibility index (Phi) is 4.43. The van der Waals surface area contributed by atoms with Crippen molar-refractivity contribution >= 4 is 5.69 Å². The minimum absolute atomic E-state index is 0.800. The van der Waals surface area contributed by atoms with Crippen molar-refractivity contribution in [3.8, 4) is 0 Å². The third-order valence-corrected chi connectivity index (χ3v) is 3.37. The first-order valence-electron chi connectivity index (χ1n) is 6.82. The predicted molar refractivity (Wildman–Crippen MR) is 74.7 cm³/mol. The molecule has 1 aliphatic heterocycles. The highest BCUT2D eigenvalue weighted by Gasteiger charge is 2.09. The molecule has 2 N–H and O–H groups in total. The Morgan fingerprint density at radius 1 is 1.29 bits per heavy atom. The molecule has 94 valence electrons. The quantitative estimate of drug-likeness (QED) is 0.737. The largest absolute Gasteiger partial charge is 0.384 e. The third kappa shape index (κ3) is 3.74. The van der Waals surface area contributed by atoms with Crippen LogP contribution < -0.4 is 10.6 Å². The first-order chi connectivity index (χ1) is 8.25. The van der Waals surface area contributed by atoms with Gasteiger partial charge in [-0.1, -0.05) is 26.0 Å². The first kappa shape index (κ1) is 12.4. The Hall–Kier alpha value is -1.02. The molecule has 1 heterocycles. The van der Waals surface area contributed by atoms with Gasteiger partial charge in [0.2, 0.25) is 0 Å². The minimum Gasteiger partial charge on any atom is -0.384 e. The highest BCUT2D eigenvalue weighted by atomic mass is 14.9. The molecule has 17 heavy (non-hydrogen) atoms. The highest BCUT2D eigenvalue weighted by molar-refractivity contribution is 5.56. The van der Waals surface area contributed by atoms with E-state index in [1.54, 1.807) is 0 Å². The zero-order chi connectivity index (χ0) is 12.1. The molecule has 0 radical (unpaired) electrons. The van der Waals surface area contributed by atoms with Gasteiger partial charge in [0.1, 0.15) is 0 Å². The molecule has 0 fully saturated rings. The van der Waals surface area contributed by atoms with E-state index in [2.05, 4.69) is 42.7 Å². The number of nitrogens with one attached hydrogen (secondary N) is 2. The second-order valence-corrected chi connectivity index (χ2v) is 5.35. The van der Waals surface area contributed by atoms with Crippen molar-refractivity contribution < 1.29 is 0 Å². The molecule has 0 unspecified atom stereocenters. The summed E-state index contributed by atoms with van der Waals surface area (Å²) in [5.74, 6) is 0.800. The molecule has 1 aromatic carbocycles. The molecule has 0 amide bonds. The zero-order valence-electron chi connectivity index (χ0n) is 11.1. The zero-order valence-corrected chi connectivity index (χ0v) is 11.1. The van der Waals surface area contributed by atoms with Crippen molar-refractivity contribution in [2.75, 3.05) is 25.0 Å². The molecule has 0 saturated heterocycles. The van der Waals surface area contributed by atoms with Crippen LogP contribution in [0, 0.1) is 5.92 Å². The second-order valence-electron chi connectivity index (χ2n) is 5.35. The van der Waals surface area contributed by atoms with Gasteiger partial charge in [-0.25, -0.2) is 0 Å². The summed E-state index contributed by atoms with van der Waals surface area (Å²) in [5.41, 5.74) is 4.29. The van der Waals surface area contributed by atoms with Crippen molar-refractivity contribution in [3.05, 3.63) is 29.3 Å². The summed E-state index contributed by atoms with van der Waals surface area (Å²) in [4.78, 5) is 0. The highest BCUT2D eigenvalue weighted by Crippen LogP contribution is 2.22. The number of anilines is 1. The van der Waals surface area contributed by atoms with Gasteiger partial charge in [0.15, 0.2) is 0 Å². The summed E-state index contributed by atoms with van der Waals surface area (Å²) < 4.78 is 0. The van der Waals surface area contributed by atoms with Crippen molar-refractivity contribution in [2.45, 2.75) is 33.1 Å². The SMILES string of the molecule is CC(C)CCNCCc1ccc2c(c1)CCN2. The lowest BCUT2D eigenvalue weighted by molar-refractivity contribution is 0.539. The van der Waals surface area contributed by atoms with Crippen LogP contribution >= 0.6 is 0 Å². The van der Waals surface area contributed by atoms with Gasteiger partial charge in [-0.2, -0.15) is 0 Å². The summed E-state index contributed by atoms with van der Waals surface area (Å²) in [5, 5.41) is 6.92. The Labute approximate surface area is 105 Å². The Balaban J connectivity index is 1.72. The Bertz CT molecular complexity index is 358. The topological polar surface area (TPSA) is 24.1 Å². The Morgan fingerprint density at radius 2 is 2.18 bits per heavy atom. The molecule has 0 bridgehead atoms. The molecule has 2 rings (SSSR count). The number of hydrogen-bond acceptors (Lipinski definition) is 2. The lowest BCUT2D eigenvalue weighted by Crippen LogP contribution is -2.19. The minimum atomic E-state index is 0.800. The van der Waals surface area contributed by atoms with Gasteiger partial charge in [0.05, 0.1) is 0 Å². The van der Waals surface area contributed by atoms with Crippen LogP contribution in [-0.4, -0.2) is 19.6 Å². The number of rotatable bonds is 6. The number of benzene rings is 1. The number of fused-ring (bicyclic) bond motifs is 1. The molecule has 0 spiro atoms. The Morgan fingerprint density at radius 3 is 3.00 bits per heavy atom. The lowest BCUT2D eigenvalue weighted by atomic mass is 10.1. The summed E-state index contributed by atoms with van der Waals surface area (Å²) in [6.07, 6.45) is 3.60. The van der Waals surface area contributed by atoms with Crippen LogP contribution in [-0.2, 0) is 12.8 Å². The normalized spacial score (nSPS) is 13.8. The van der Waals surface area contributed by atoms with Crippen molar-refractivity contribution in [2.24, 2.45) is 5.92 Å². The maximum atomic E-state index is 3.52. The van der Waals surface area contributed by atoms with E-state index in [0.29, 0.717) is 0 Å². The molecular formula is C15H24N2.